The lowest BCUT2D eigenvalue weighted by atomic mass is 10.2. The summed E-state index contributed by atoms with van der Waals surface area (Å²) in [7, 11) is -1.99. The van der Waals surface area contributed by atoms with E-state index in [2.05, 4.69) is 10.6 Å². The molecule has 2 amide bonds. The van der Waals surface area contributed by atoms with Gasteiger partial charge in [0.25, 0.3) is 11.8 Å². The van der Waals surface area contributed by atoms with Gasteiger partial charge in [-0.3, -0.25) is 9.59 Å². The molecule has 0 radical (unpaired) electrons. The van der Waals surface area contributed by atoms with Crippen LogP contribution in [0.3, 0.4) is 0 Å². The van der Waals surface area contributed by atoms with Gasteiger partial charge in [-0.2, -0.15) is 4.31 Å². The highest BCUT2D eigenvalue weighted by molar-refractivity contribution is 7.89. The molecule has 10 heteroatoms. The van der Waals surface area contributed by atoms with E-state index in [1.54, 1.807) is 13.1 Å². The van der Waals surface area contributed by atoms with Crippen LogP contribution in [0, 0.1) is 0 Å². The molecule has 8 nitrogen and oxygen atoms in total. The minimum atomic E-state index is -3.61. The number of carbonyl (C=O) groups is 2. The Kier molecular flexibility index (Phi) is 6.84. The van der Waals surface area contributed by atoms with Crippen LogP contribution in [0.15, 0.2) is 35.4 Å². The topological polar surface area (TPSA) is 101 Å². The first kappa shape index (κ1) is 22.3. The van der Waals surface area contributed by atoms with Gasteiger partial charge in [-0.05, 0) is 43.5 Å². The Hall–Kier alpha value is -2.36. The number of benzene rings is 1. The second kappa shape index (κ2) is 9.20. The smallest absolute Gasteiger partial charge is 0.272 e. The Morgan fingerprint density at radius 1 is 1.13 bits per heavy atom. The lowest BCUT2D eigenvalue weighted by molar-refractivity contribution is 0.0953. The van der Waals surface area contributed by atoms with Crippen LogP contribution in [0.5, 0.6) is 0 Å². The van der Waals surface area contributed by atoms with Crippen molar-refractivity contribution in [3.05, 3.63) is 46.7 Å². The second-order valence-corrected chi connectivity index (χ2v) is 9.53. The number of rotatable bonds is 7. The van der Waals surface area contributed by atoms with Gasteiger partial charge in [0.1, 0.15) is 10.6 Å². The predicted octanol–water partition coefficient (Wildman–Crippen LogP) is 2.86. The Morgan fingerprint density at radius 2 is 1.83 bits per heavy atom. The Morgan fingerprint density at radius 3 is 2.47 bits per heavy atom. The number of anilines is 1. The fourth-order valence-corrected chi connectivity index (χ4v) is 5.14. The van der Waals surface area contributed by atoms with Gasteiger partial charge in [0, 0.05) is 38.6 Å². The summed E-state index contributed by atoms with van der Waals surface area (Å²) >= 11 is 6.20. The molecule has 1 saturated heterocycles. The molecule has 2 N–H and O–H groups in total. The summed E-state index contributed by atoms with van der Waals surface area (Å²) < 4.78 is 28.4. The standard InChI is InChI=1S/C20H25ClN4O4S/c1-3-8-22-19(26)16-7-6-14(11-17(16)21)23-20(27)18-12-15(13-24(18)2)30(28,29)25-9-4-5-10-25/h6-7,11-13H,3-5,8-10H2,1-2H3,(H,22,26)(H,23,27). The van der Waals surface area contributed by atoms with Crippen LogP contribution >= 0.6 is 11.6 Å². The van der Waals surface area contributed by atoms with E-state index in [4.69, 9.17) is 11.6 Å². The van der Waals surface area contributed by atoms with Crippen LogP contribution in [-0.2, 0) is 17.1 Å². The van der Waals surface area contributed by atoms with Crippen molar-refractivity contribution in [1.82, 2.24) is 14.2 Å². The van der Waals surface area contributed by atoms with E-state index in [-0.39, 0.29) is 21.5 Å². The molecule has 0 bridgehead atoms. The zero-order valence-corrected chi connectivity index (χ0v) is 18.5. The molecule has 1 fully saturated rings. The summed E-state index contributed by atoms with van der Waals surface area (Å²) in [5, 5.41) is 5.66. The third-order valence-electron chi connectivity index (χ3n) is 4.92. The molecule has 1 aromatic carbocycles. The minimum absolute atomic E-state index is 0.0954. The average molecular weight is 453 g/mol. The van der Waals surface area contributed by atoms with Crippen molar-refractivity contribution < 1.29 is 18.0 Å². The maximum Gasteiger partial charge on any atom is 0.272 e. The van der Waals surface area contributed by atoms with Crippen LogP contribution < -0.4 is 10.6 Å². The molecule has 0 spiro atoms. The maximum absolute atomic E-state index is 12.7. The van der Waals surface area contributed by atoms with E-state index in [9.17, 15) is 18.0 Å². The van der Waals surface area contributed by atoms with Crippen LogP contribution in [0.25, 0.3) is 0 Å². The van der Waals surface area contributed by atoms with E-state index in [1.165, 1.54) is 33.3 Å². The number of aromatic nitrogens is 1. The van der Waals surface area contributed by atoms with Crippen molar-refractivity contribution >= 4 is 39.1 Å². The Bertz CT molecular complexity index is 1060. The summed E-state index contributed by atoms with van der Waals surface area (Å²) in [6.07, 6.45) is 3.93. The van der Waals surface area contributed by atoms with Gasteiger partial charge in [0.15, 0.2) is 0 Å². The largest absolute Gasteiger partial charge is 0.352 e. The molecule has 0 atom stereocenters. The molecule has 2 heterocycles. The van der Waals surface area contributed by atoms with E-state index < -0.39 is 15.9 Å². The summed E-state index contributed by atoms with van der Waals surface area (Å²) in [5.74, 6) is -0.751. The second-order valence-electron chi connectivity index (χ2n) is 7.19. The maximum atomic E-state index is 12.7. The lowest BCUT2D eigenvalue weighted by Crippen LogP contribution is -2.27. The van der Waals surface area contributed by atoms with E-state index in [0.717, 1.165) is 19.3 Å². The average Bonchev–Trinajstić information content (AvgIpc) is 3.36. The lowest BCUT2D eigenvalue weighted by Gasteiger charge is -2.13. The Labute approximate surface area is 181 Å². The van der Waals surface area contributed by atoms with Crippen LogP contribution in [0.2, 0.25) is 5.02 Å². The quantitative estimate of drug-likeness (QED) is 0.674. The van der Waals surface area contributed by atoms with Crippen molar-refractivity contribution in [2.45, 2.75) is 31.1 Å². The number of amides is 2. The highest BCUT2D eigenvalue weighted by Crippen LogP contribution is 2.24. The van der Waals surface area contributed by atoms with Crippen molar-refractivity contribution in [1.29, 1.82) is 0 Å². The fraction of sp³-hybridized carbons (Fsp3) is 0.400. The van der Waals surface area contributed by atoms with Gasteiger partial charge in [-0.15, -0.1) is 0 Å². The number of aryl methyl sites for hydroxylation is 1. The van der Waals surface area contributed by atoms with E-state index >= 15 is 0 Å². The molecule has 162 valence electrons. The van der Waals surface area contributed by atoms with Crippen LogP contribution in [0.1, 0.15) is 47.0 Å². The normalized spacial score (nSPS) is 14.6. The molecule has 1 aliphatic heterocycles. The molecular weight excluding hydrogens is 428 g/mol. The molecule has 30 heavy (non-hydrogen) atoms. The number of nitrogens with one attached hydrogen (secondary N) is 2. The first-order valence-electron chi connectivity index (χ1n) is 9.79. The third-order valence-corrected chi connectivity index (χ3v) is 7.10. The molecule has 2 aromatic rings. The van der Waals surface area contributed by atoms with Gasteiger partial charge >= 0.3 is 0 Å². The summed E-state index contributed by atoms with van der Waals surface area (Å²) in [6, 6.07) is 5.98. The number of hydrogen-bond acceptors (Lipinski definition) is 4. The van der Waals surface area contributed by atoms with Gasteiger partial charge < -0.3 is 15.2 Å². The summed E-state index contributed by atoms with van der Waals surface area (Å²) in [4.78, 5) is 24.9. The molecule has 3 rings (SSSR count). The molecule has 1 aromatic heterocycles. The number of nitrogens with zero attached hydrogens (tertiary/aromatic N) is 2. The number of hydrogen-bond donors (Lipinski definition) is 2. The third kappa shape index (κ3) is 4.69. The van der Waals surface area contributed by atoms with Gasteiger partial charge in [-0.1, -0.05) is 18.5 Å². The van der Waals surface area contributed by atoms with E-state index in [1.807, 2.05) is 6.92 Å². The minimum Gasteiger partial charge on any atom is -0.352 e. The van der Waals surface area contributed by atoms with Crippen molar-refractivity contribution in [3.63, 3.8) is 0 Å². The van der Waals surface area contributed by atoms with Gasteiger partial charge in [0.05, 0.1) is 10.6 Å². The zero-order valence-electron chi connectivity index (χ0n) is 16.9. The molecule has 0 aliphatic carbocycles. The first-order valence-corrected chi connectivity index (χ1v) is 11.6. The SMILES string of the molecule is CCCNC(=O)c1ccc(NC(=O)c2cc(S(=O)(=O)N3CCCC3)cn2C)cc1Cl. The number of carbonyl (C=O) groups excluding carboxylic acids is 2. The van der Waals surface area contributed by atoms with E-state index in [0.29, 0.717) is 30.9 Å². The number of halogens is 1. The first-order chi connectivity index (χ1) is 14.2. The van der Waals surface area contributed by atoms with Crippen molar-refractivity contribution in [3.8, 4) is 0 Å². The Balaban J connectivity index is 1.76. The predicted molar refractivity (Wildman–Crippen MR) is 115 cm³/mol. The monoisotopic (exact) mass is 452 g/mol. The molecule has 0 saturated carbocycles. The molecule has 1 aliphatic rings. The van der Waals surface area contributed by atoms with Gasteiger partial charge in [-0.25, -0.2) is 8.42 Å². The van der Waals surface area contributed by atoms with Crippen LogP contribution in [0.4, 0.5) is 5.69 Å². The fourth-order valence-electron chi connectivity index (χ4n) is 3.28. The highest BCUT2D eigenvalue weighted by atomic mass is 35.5. The van der Waals surface area contributed by atoms with Crippen molar-refractivity contribution in [2.75, 3.05) is 25.0 Å². The summed E-state index contributed by atoms with van der Waals surface area (Å²) in [5.41, 5.74) is 0.928. The molecular formula is C20H25ClN4O4S. The summed E-state index contributed by atoms with van der Waals surface area (Å²) in [6.45, 7) is 3.49. The number of sulfonamides is 1. The zero-order chi connectivity index (χ0) is 21.9. The van der Waals surface area contributed by atoms with Gasteiger partial charge in [0.2, 0.25) is 10.0 Å². The molecule has 0 unspecified atom stereocenters. The van der Waals surface area contributed by atoms with Crippen LogP contribution in [-0.4, -0.2) is 48.7 Å². The highest BCUT2D eigenvalue weighted by Gasteiger charge is 2.29. The van der Waals surface area contributed by atoms with Crippen molar-refractivity contribution in [2.24, 2.45) is 7.05 Å².